The molecular weight excluding hydrogens is 274 g/mol. The van der Waals surface area contributed by atoms with E-state index in [9.17, 15) is 0 Å². The summed E-state index contributed by atoms with van der Waals surface area (Å²) in [6.07, 6.45) is 1.10. The highest BCUT2D eigenvalue weighted by molar-refractivity contribution is 5.81. The molecule has 1 N–H and O–H groups in total. The molecule has 0 unspecified atom stereocenters. The van der Waals surface area contributed by atoms with Gasteiger partial charge in [-0.15, -0.1) is 13.2 Å². The first-order valence-corrected chi connectivity index (χ1v) is 7.46. The van der Waals surface area contributed by atoms with E-state index in [0.29, 0.717) is 6.54 Å². The first kappa shape index (κ1) is 15.9. The summed E-state index contributed by atoms with van der Waals surface area (Å²) in [6.45, 7) is 10.6. The Hall–Kier alpha value is -2.43. The van der Waals surface area contributed by atoms with Crippen LogP contribution in [0.3, 0.4) is 0 Å². The Morgan fingerprint density at radius 2 is 2.00 bits per heavy atom. The van der Waals surface area contributed by atoms with Gasteiger partial charge >= 0.3 is 0 Å². The molecule has 1 aliphatic rings. The molecule has 0 aliphatic carbocycles. The van der Waals surface area contributed by atoms with Gasteiger partial charge in [0, 0.05) is 31.2 Å². The molecule has 0 amide bonds. The third kappa shape index (κ3) is 3.61. The molecule has 2 aromatic rings. The van der Waals surface area contributed by atoms with E-state index in [1.807, 2.05) is 32.2 Å². The first-order chi connectivity index (χ1) is 10.7. The number of aromatic nitrogens is 2. The van der Waals surface area contributed by atoms with Crippen LogP contribution in [0, 0.1) is 6.92 Å². The van der Waals surface area contributed by atoms with Crippen LogP contribution in [-0.2, 0) is 6.54 Å². The number of hydrogen-bond acceptors (Lipinski definition) is 5. The summed E-state index contributed by atoms with van der Waals surface area (Å²) in [5.74, 6) is 1.77. The number of aryl methyl sites for hydroxylation is 1. The molecule has 5 heteroatoms. The monoisotopic (exact) mass is 297 g/mol. The second-order valence-corrected chi connectivity index (χ2v) is 5.08. The van der Waals surface area contributed by atoms with Gasteiger partial charge in [-0.3, -0.25) is 4.99 Å². The molecule has 0 bridgehead atoms. The molecule has 2 heterocycles. The van der Waals surface area contributed by atoms with Crippen molar-refractivity contribution in [2.24, 2.45) is 4.99 Å². The maximum absolute atomic E-state index is 4.64. The summed E-state index contributed by atoms with van der Waals surface area (Å²) in [4.78, 5) is 15.8. The van der Waals surface area contributed by atoms with Gasteiger partial charge in [-0.2, -0.15) is 0 Å². The third-order valence-corrected chi connectivity index (χ3v) is 3.46. The van der Waals surface area contributed by atoms with Crippen LogP contribution < -0.4 is 5.32 Å². The van der Waals surface area contributed by atoms with Crippen LogP contribution in [0.5, 0.6) is 0 Å². The Kier molecular flexibility index (Phi) is 5.47. The van der Waals surface area contributed by atoms with Gasteiger partial charge in [0.25, 0.3) is 0 Å². The smallest absolute Gasteiger partial charge is 0.194 e. The summed E-state index contributed by atoms with van der Waals surface area (Å²) >= 11 is 0. The number of nitrogens with one attached hydrogen (secondary N) is 1. The van der Waals surface area contributed by atoms with Gasteiger partial charge in [-0.25, -0.2) is 9.97 Å². The standard InChI is InChI=1S/C15H19N5.C2H4/c1-11-12-6-3-4-7-13(12)19-14(18-11)10-20(2)15-16-8-5-9-17-15;1-2/h3-4,6-7H,5,8-10H2,1-2H3,(H,16,17);1-2H2. The van der Waals surface area contributed by atoms with Gasteiger partial charge in [0.2, 0.25) is 0 Å². The average Bonchev–Trinajstić information content (AvgIpc) is 2.57. The predicted molar refractivity (Wildman–Crippen MR) is 91.9 cm³/mol. The highest BCUT2D eigenvalue weighted by Gasteiger charge is 2.12. The lowest BCUT2D eigenvalue weighted by Crippen LogP contribution is -2.41. The maximum atomic E-state index is 4.64. The minimum absolute atomic E-state index is 0.664. The molecule has 1 aliphatic heterocycles. The second-order valence-electron chi connectivity index (χ2n) is 5.08. The highest BCUT2D eigenvalue weighted by atomic mass is 15.3. The van der Waals surface area contributed by atoms with Gasteiger partial charge in [-0.1, -0.05) is 18.2 Å². The van der Waals surface area contributed by atoms with Gasteiger partial charge in [0.15, 0.2) is 5.96 Å². The number of para-hydroxylation sites is 1. The molecule has 5 nitrogen and oxygen atoms in total. The molecule has 0 saturated heterocycles. The fraction of sp³-hybridized carbons (Fsp3) is 0.353. The van der Waals surface area contributed by atoms with E-state index >= 15 is 0 Å². The Labute approximate surface area is 131 Å². The van der Waals surface area contributed by atoms with Crippen molar-refractivity contribution >= 4 is 16.9 Å². The number of benzene rings is 1. The number of rotatable bonds is 2. The summed E-state index contributed by atoms with van der Waals surface area (Å²) < 4.78 is 0. The lowest BCUT2D eigenvalue weighted by atomic mass is 10.2. The summed E-state index contributed by atoms with van der Waals surface area (Å²) in [5, 5.41) is 4.43. The minimum Gasteiger partial charge on any atom is -0.356 e. The fourth-order valence-electron chi connectivity index (χ4n) is 2.43. The highest BCUT2D eigenvalue weighted by Crippen LogP contribution is 2.15. The Morgan fingerprint density at radius 1 is 1.23 bits per heavy atom. The van der Waals surface area contributed by atoms with Crippen LogP contribution in [0.1, 0.15) is 17.9 Å². The van der Waals surface area contributed by atoms with Gasteiger partial charge in [0.05, 0.1) is 12.1 Å². The van der Waals surface area contributed by atoms with E-state index in [1.165, 1.54) is 0 Å². The molecule has 1 aromatic carbocycles. The van der Waals surface area contributed by atoms with Crippen LogP contribution >= 0.6 is 0 Å². The SMILES string of the molecule is C=C.Cc1nc(CN(C)C2=NCCCN2)nc2ccccc12. The van der Waals surface area contributed by atoms with E-state index in [2.05, 4.69) is 44.4 Å². The van der Waals surface area contributed by atoms with Crippen LogP contribution in [-0.4, -0.2) is 41.0 Å². The Balaban J connectivity index is 0.000000847. The van der Waals surface area contributed by atoms with Crippen molar-refractivity contribution in [2.75, 3.05) is 20.1 Å². The second kappa shape index (κ2) is 7.54. The number of hydrogen-bond donors (Lipinski definition) is 1. The largest absolute Gasteiger partial charge is 0.356 e. The van der Waals surface area contributed by atoms with Gasteiger partial charge < -0.3 is 10.2 Å². The van der Waals surface area contributed by atoms with Crippen molar-refractivity contribution in [1.82, 2.24) is 20.2 Å². The molecule has 0 saturated carbocycles. The van der Waals surface area contributed by atoms with Crippen LogP contribution in [0.25, 0.3) is 10.9 Å². The molecule has 116 valence electrons. The zero-order valence-electron chi connectivity index (χ0n) is 13.3. The summed E-state index contributed by atoms with van der Waals surface area (Å²) in [5.41, 5.74) is 2.03. The number of aliphatic imine (C=N–C) groups is 1. The topological polar surface area (TPSA) is 53.4 Å². The summed E-state index contributed by atoms with van der Waals surface area (Å²) in [7, 11) is 2.02. The molecule has 3 rings (SSSR count). The minimum atomic E-state index is 0.664. The maximum Gasteiger partial charge on any atom is 0.194 e. The molecule has 0 fully saturated rings. The lowest BCUT2D eigenvalue weighted by Gasteiger charge is -2.24. The Morgan fingerprint density at radius 3 is 2.73 bits per heavy atom. The van der Waals surface area contributed by atoms with Crippen molar-refractivity contribution < 1.29 is 0 Å². The van der Waals surface area contributed by atoms with Crippen LogP contribution in [0.15, 0.2) is 42.4 Å². The van der Waals surface area contributed by atoms with Crippen LogP contribution in [0.4, 0.5) is 0 Å². The number of fused-ring (bicyclic) bond motifs is 1. The number of guanidine groups is 1. The van der Waals surface area contributed by atoms with Gasteiger partial charge in [0.1, 0.15) is 5.82 Å². The molecule has 1 aromatic heterocycles. The van der Waals surface area contributed by atoms with E-state index in [0.717, 1.165) is 47.9 Å². The van der Waals surface area contributed by atoms with E-state index < -0.39 is 0 Å². The number of nitrogens with zero attached hydrogens (tertiary/aromatic N) is 4. The Bertz CT molecular complexity index is 665. The molecule has 0 atom stereocenters. The first-order valence-electron chi connectivity index (χ1n) is 7.46. The average molecular weight is 297 g/mol. The molecule has 0 spiro atoms. The van der Waals surface area contributed by atoms with Crippen molar-refractivity contribution in [2.45, 2.75) is 19.9 Å². The van der Waals surface area contributed by atoms with E-state index in [4.69, 9.17) is 0 Å². The van der Waals surface area contributed by atoms with E-state index in [-0.39, 0.29) is 0 Å². The predicted octanol–water partition coefficient (Wildman–Crippen LogP) is 2.52. The zero-order chi connectivity index (χ0) is 15.9. The van der Waals surface area contributed by atoms with Crippen LogP contribution in [0.2, 0.25) is 0 Å². The van der Waals surface area contributed by atoms with Crippen molar-refractivity contribution in [3.63, 3.8) is 0 Å². The molecule has 22 heavy (non-hydrogen) atoms. The van der Waals surface area contributed by atoms with Crippen molar-refractivity contribution in [1.29, 1.82) is 0 Å². The fourth-order valence-corrected chi connectivity index (χ4v) is 2.43. The third-order valence-electron chi connectivity index (χ3n) is 3.46. The van der Waals surface area contributed by atoms with Crippen molar-refractivity contribution in [3.8, 4) is 0 Å². The molecule has 0 radical (unpaired) electrons. The van der Waals surface area contributed by atoms with E-state index in [1.54, 1.807) is 0 Å². The normalized spacial score (nSPS) is 13.6. The zero-order valence-corrected chi connectivity index (χ0v) is 13.3. The summed E-state index contributed by atoms with van der Waals surface area (Å²) in [6, 6.07) is 8.12. The van der Waals surface area contributed by atoms with Crippen molar-refractivity contribution in [3.05, 3.63) is 48.9 Å². The lowest BCUT2D eigenvalue weighted by molar-refractivity contribution is 0.452. The molecular formula is C17H23N5. The quantitative estimate of drug-likeness (QED) is 0.865. The van der Waals surface area contributed by atoms with Gasteiger partial charge in [-0.05, 0) is 19.4 Å².